The van der Waals surface area contributed by atoms with E-state index in [2.05, 4.69) is 185 Å². The van der Waals surface area contributed by atoms with Gasteiger partial charge < -0.3 is 24.8 Å². The zero-order valence-corrected chi connectivity index (χ0v) is 33.8. The van der Waals surface area contributed by atoms with Gasteiger partial charge in [0.1, 0.15) is 0 Å². The van der Waals surface area contributed by atoms with Gasteiger partial charge >= 0.3 is 99.2 Å². The van der Waals surface area contributed by atoms with Gasteiger partial charge in [-0.2, -0.15) is 35.4 Å². The standard InChI is InChI=1S/C21H25.C13H10.C10H15.2ClH.Zr/c1-20(2,3)16-7-9-18-14(12-16)11-15-13-17(21(4,5)6)8-10-19(15)18;1-3-7-12(8-4-1)11-13-9-5-2-6-10-13;1-8-5-6-9(7-8)10(2,3)4;;;/h7-10,12H,11H2,1-6H3;1-10H;6-8H,1-4H3;2*1H;/q-1;;-1;;;+2/p-2. The van der Waals surface area contributed by atoms with Gasteiger partial charge in [-0.15, -0.1) is 11.1 Å². The van der Waals surface area contributed by atoms with Crippen LogP contribution in [0.5, 0.6) is 0 Å². The molecule has 0 spiro atoms. The molecule has 4 aromatic rings. The number of hydrogen-bond donors (Lipinski definition) is 0. The predicted molar refractivity (Wildman–Crippen MR) is 192 cm³/mol. The number of allylic oxidation sites excluding steroid dienone is 4. The van der Waals surface area contributed by atoms with Crippen molar-refractivity contribution in [2.75, 3.05) is 0 Å². The van der Waals surface area contributed by atoms with E-state index in [-0.39, 0.29) is 35.6 Å². The van der Waals surface area contributed by atoms with Crippen molar-refractivity contribution in [1.29, 1.82) is 0 Å². The van der Waals surface area contributed by atoms with E-state index in [1.165, 1.54) is 77.5 Å². The molecule has 2 aliphatic carbocycles. The second-order valence-corrected chi connectivity index (χ2v) is 16.6. The number of rotatable bonds is 2. The van der Waals surface area contributed by atoms with Gasteiger partial charge in [0.15, 0.2) is 0 Å². The molecule has 0 heterocycles. The summed E-state index contributed by atoms with van der Waals surface area (Å²) < 4.78 is 1.42. The molecule has 0 saturated carbocycles. The third-order valence-electron chi connectivity index (χ3n) is 8.39. The molecule has 2 aliphatic rings. The molecule has 4 aromatic carbocycles. The van der Waals surface area contributed by atoms with Crippen molar-refractivity contribution < 1.29 is 49.0 Å². The molecule has 0 fully saturated rings. The topological polar surface area (TPSA) is 0 Å². The Balaban J connectivity index is 0.000000258. The van der Waals surface area contributed by atoms with Gasteiger partial charge in [0, 0.05) is 0 Å². The van der Waals surface area contributed by atoms with Gasteiger partial charge in [-0.05, 0) is 28.4 Å². The van der Waals surface area contributed by atoms with Gasteiger partial charge in [0.05, 0.1) is 0 Å². The minimum atomic E-state index is 0. The van der Waals surface area contributed by atoms with Crippen LogP contribution >= 0.6 is 0 Å². The van der Waals surface area contributed by atoms with Crippen LogP contribution in [-0.2, 0) is 41.5 Å². The molecule has 0 aliphatic heterocycles. The minimum absolute atomic E-state index is 0. The Labute approximate surface area is 313 Å². The molecule has 0 aromatic heterocycles. The molecule has 0 radical (unpaired) electrons. The maximum atomic E-state index is 3.67. The van der Waals surface area contributed by atoms with Crippen molar-refractivity contribution in [1.82, 2.24) is 0 Å². The Kier molecular flexibility index (Phi) is 14.7. The zero-order chi connectivity index (χ0) is 33.0. The number of halogens is 2. The zero-order valence-electron chi connectivity index (χ0n) is 29.9. The fraction of sp³-hybridized carbons (Fsp3) is 0.341. The van der Waals surface area contributed by atoms with Crippen LogP contribution in [0.3, 0.4) is 0 Å². The van der Waals surface area contributed by atoms with Crippen molar-refractivity contribution in [3.05, 3.63) is 154 Å². The maximum absolute atomic E-state index is 3.67. The van der Waals surface area contributed by atoms with Crippen LogP contribution < -0.4 is 24.8 Å². The Hall–Kier alpha value is -2.31. The molecular formula is C44H50Cl2Zr-2. The monoisotopic (exact) mass is 738 g/mol. The summed E-state index contributed by atoms with van der Waals surface area (Å²) >= 11 is 1.46. The second kappa shape index (κ2) is 16.9. The molecule has 0 saturated heterocycles. The molecule has 0 nitrogen and oxygen atoms in total. The molecule has 0 bridgehead atoms. The van der Waals surface area contributed by atoms with Gasteiger partial charge in [0.2, 0.25) is 0 Å². The number of hydrogen-bond acceptors (Lipinski definition) is 0. The predicted octanol–water partition coefficient (Wildman–Crippen LogP) is 5.43. The molecule has 3 heteroatoms. The van der Waals surface area contributed by atoms with Gasteiger partial charge in [0.25, 0.3) is 0 Å². The van der Waals surface area contributed by atoms with Crippen molar-refractivity contribution >= 4 is 3.21 Å². The quantitative estimate of drug-likeness (QED) is 0.212. The first-order chi connectivity index (χ1) is 21.0. The van der Waals surface area contributed by atoms with Gasteiger partial charge in [-0.25, -0.2) is 6.08 Å². The summed E-state index contributed by atoms with van der Waals surface area (Å²) in [6.07, 6.45) is 8.68. The number of benzene rings is 4. The van der Waals surface area contributed by atoms with Crippen LogP contribution in [0.25, 0.3) is 11.1 Å². The average Bonchev–Trinajstić information content (AvgIpc) is 3.60. The summed E-state index contributed by atoms with van der Waals surface area (Å²) in [7, 11) is 0. The van der Waals surface area contributed by atoms with Crippen LogP contribution in [0.15, 0.2) is 109 Å². The first kappa shape index (κ1) is 40.9. The van der Waals surface area contributed by atoms with Gasteiger partial charge in [-0.1, -0.05) is 104 Å². The Bertz CT molecular complexity index is 1570. The number of fused-ring (bicyclic) bond motifs is 3. The summed E-state index contributed by atoms with van der Waals surface area (Å²) in [6.45, 7) is 22.5. The normalized spacial score (nSPS) is 14.6. The van der Waals surface area contributed by atoms with Crippen LogP contribution in [0, 0.1) is 23.5 Å². The fourth-order valence-corrected chi connectivity index (χ4v) is 6.28. The summed E-state index contributed by atoms with van der Waals surface area (Å²) in [4.78, 5) is 0. The van der Waals surface area contributed by atoms with Crippen LogP contribution in [0.4, 0.5) is 0 Å². The van der Waals surface area contributed by atoms with Crippen LogP contribution in [0.1, 0.15) is 103 Å². The van der Waals surface area contributed by atoms with Crippen molar-refractivity contribution in [3.63, 3.8) is 0 Å². The van der Waals surface area contributed by atoms with Crippen LogP contribution in [-0.4, -0.2) is 3.21 Å². The third-order valence-corrected chi connectivity index (χ3v) is 9.81. The van der Waals surface area contributed by atoms with E-state index in [1.807, 2.05) is 0 Å². The van der Waals surface area contributed by atoms with E-state index in [0.717, 1.165) is 6.42 Å². The van der Waals surface area contributed by atoms with Gasteiger partial charge in [-0.3, -0.25) is 6.08 Å². The second-order valence-electron chi connectivity index (χ2n) is 15.4. The van der Waals surface area contributed by atoms with E-state index >= 15 is 0 Å². The molecule has 6 rings (SSSR count). The van der Waals surface area contributed by atoms with E-state index in [0.29, 0.717) is 11.3 Å². The molecule has 47 heavy (non-hydrogen) atoms. The van der Waals surface area contributed by atoms with Crippen molar-refractivity contribution in [2.24, 2.45) is 11.3 Å². The summed E-state index contributed by atoms with van der Waals surface area (Å²) in [5, 5.41) is 0. The Morgan fingerprint density at radius 3 is 1.62 bits per heavy atom. The Morgan fingerprint density at radius 1 is 0.660 bits per heavy atom. The Morgan fingerprint density at radius 2 is 1.19 bits per heavy atom. The first-order valence-corrected chi connectivity index (χ1v) is 17.5. The first-order valence-electron chi connectivity index (χ1n) is 16.2. The molecule has 1 unspecified atom stereocenters. The molecular weight excluding hydrogens is 691 g/mol. The summed E-state index contributed by atoms with van der Waals surface area (Å²) in [5.41, 5.74) is 13.1. The van der Waals surface area contributed by atoms with Crippen LogP contribution in [0.2, 0.25) is 0 Å². The van der Waals surface area contributed by atoms with E-state index in [1.54, 1.807) is 0 Å². The SMILES string of the molecule is CC(C)(C)c1[c-]c2c(cc1)-c1ccc(C(C)(C)C)cc1C2.CC1[C-]=CC(C(C)(C)C)=C1.[Cl-].[Cl-].[Zr+2]=[C](c1ccccc1)c1ccccc1. The average molecular weight is 741 g/mol. The molecule has 246 valence electrons. The van der Waals surface area contributed by atoms with E-state index in [4.69, 9.17) is 0 Å². The van der Waals surface area contributed by atoms with E-state index in [9.17, 15) is 0 Å². The molecule has 0 N–H and O–H groups in total. The molecule has 0 amide bonds. The van der Waals surface area contributed by atoms with Crippen molar-refractivity contribution in [2.45, 2.75) is 86.5 Å². The summed E-state index contributed by atoms with van der Waals surface area (Å²) in [5.74, 6) is 0.522. The molecule has 1 atom stereocenters. The fourth-order valence-electron chi connectivity index (χ4n) is 5.46. The van der Waals surface area contributed by atoms with Crippen molar-refractivity contribution in [3.8, 4) is 11.1 Å². The summed E-state index contributed by atoms with van der Waals surface area (Å²) in [6, 6.07) is 36.3. The third kappa shape index (κ3) is 11.1. The van der Waals surface area contributed by atoms with E-state index < -0.39 is 0 Å².